The van der Waals surface area contributed by atoms with E-state index in [1.54, 1.807) is 0 Å². The van der Waals surface area contributed by atoms with Crippen molar-refractivity contribution in [2.24, 2.45) is 0 Å². The van der Waals surface area contributed by atoms with Crippen LogP contribution >= 0.6 is 0 Å². The van der Waals surface area contributed by atoms with Crippen LogP contribution in [0.15, 0.2) is 12.2 Å². The third kappa shape index (κ3) is 13.4. The van der Waals surface area contributed by atoms with Crippen LogP contribution in [0.2, 0.25) is 0 Å². The molecule has 0 aromatic rings. The number of allylic oxidation sites excluding steroid dienone is 2. The van der Waals surface area contributed by atoms with Gasteiger partial charge in [-0.3, -0.25) is 0 Å². The number of β-amino-alcohol motifs (C(OH)–C–C–N with tert-alkyl or cyclic N) is 1. The Morgan fingerprint density at radius 3 is 1.93 bits per heavy atom. The summed E-state index contributed by atoms with van der Waals surface area (Å²) in [7, 11) is 0. The highest BCUT2D eigenvalue weighted by atomic mass is 16.5. The monoisotopic (exact) mass is 383 g/mol. The van der Waals surface area contributed by atoms with Crippen molar-refractivity contribution in [1.29, 1.82) is 0 Å². The molecule has 1 heterocycles. The van der Waals surface area contributed by atoms with E-state index in [2.05, 4.69) is 24.4 Å². The lowest BCUT2D eigenvalue weighted by Gasteiger charge is -2.15. The first-order valence-electron chi connectivity index (χ1n) is 11.6. The van der Waals surface area contributed by atoms with E-state index in [4.69, 9.17) is 4.74 Å². The van der Waals surface area contributed by atoms with Gasteiger partial charge in [-0.05, 0) is 32.1 Å². The maximum Gasteiger partial charge on any atom is 0.0986 e. The Balaban J connectivity index is 1.73. The molecule has 0 aliphatic carbocycles. The molecule has 27 heavy (non-hydrogen) atoms. The van der Waals surface area contributed by atoms with Gasteiger partial charge in [-0.25, -0.2) is 0 Å². The van der Waals surface area contributed by atoms with Crippen LogP contribution in [0.1, 0.15) is 96.8 Å². The van der Waals surface area contributed by atoms with Crippen LogP contribution < -0.4 is 5.32 Å². The summed E-state index contributed by atoms with van der Waals surface area (Å²) in [4.78, 5) is 0. The van der Waals surface area contributed by atoms with E-state index in [0.29, 0.717) is 13.2 Å². The first-order valence-corrected chi connectivity index (χ1v) is 11.6. The molecule has 3 N–H and O–H groups in total. The number of aliphatic hydroxyl groups is 2. The van der Waals surface area contributed by atoms with Crippen molar-refractivity contribution in [1.82, 2.24) is 5.32 Å². The number of hydrogen-bond acceptors (Lipinski definition) is 4. The minimum atomic E-state index is -0.690. The molecule has 0 radical (unpaired) electrons. The quantitative estimate of drug-likeness (QED) is 0.236. The van der Waals surface area contributed by atoms with Crippen LogP contribution in [0.4, 0.5) is 0 Å². The van der Waals surface area contributed by atoms with Crippen molar-refractivity contribution in [3.8, 4) is 0 Å². The lowest BCUT2D eigenvalue weighted by atomic mass is 10.1. The SMILES string of the molecule is CCCCCCCC/C=C\CCCCCCCCOC[C@@H]1NC[C@@H](O)[C@H]1O. The first-order chi connectivity index (χ1) is 13.3. The highest BCUT2D eigenvalue weighted by Crippen LogP contribution is 2.11. The zero-order chi connectivity index (χ0) is 19.6. The van der Waals surface area contributed by atoms with E-state index >= 15 is 0 Å². The molecule has 4 heteroatoms. The molecule has 0 aromatic carbocycles. The van der Waals surface area contributed by atoms with Gasteiger partial charge < -0.3 is 20.3 Å². The van der Waals surface area contributed by atoms with Gasteiger partial charge in [0.1, 0.15) is 0 Å². The largest absolute Gasteiger partial charge is 0.389 e. The average Bonchev–Trinajstić information content (AvgIpc) is 2.99. The standard InChI is InChI=1S/C23H45NO3/c1-2-3-4-5-6-7-8-9-10-11-12-13-14-15-16-17-18-27-20-21-23(26)22(25)19-24-21/h9-10,21-26H,2-8,11-20H2,1H3/b10-9-/t21-,22+,23-/m0/s1. The number of unbranched alkanes of at least 4 members (excludes halogenated alkanes) is 12. The zero-order valence-corrected chi connectivity index (χ0v) is 17.7. The predicted molar refractivity (Wildman–Crippen MR) is 114 cm³/mol. The minimum absolute atomic E-state index is 0.117. The number of ether oxygens (including phenoxy) is 1. The van der Waals surface area contributed by atoms with Crippen molar-refractivity contribution >= 4 is 0 Å². The molecule has 0 amide bonds. The van der Waals surface area contributed by atoms with E-state index in [1.807, 2.05) is 0 Å². The van der Waals surface area contributed by atoms with Gasteiger partial charge in [0, 0.05) is 13.2 Å². The second-order valence-electron chi connectivity index (χ2n) is 8.09. The minimum Gasteiger partial charge on any atom is -0.389 e. The summed E-state index contributed by atoms with van der Waals surface area (Å²) >= 11 is 0. The summed E-state index contributed by atoms with van der Waals surface area (Å²) in [5, 5.41) is 22.2. The van der Waals surface area contributed by atoms with Crippen molar-refractivity contribution in [2.45, 2.75) is 115 Å². The molecule has 0 spiro atoms. The second kappa shape index (κ2) is 17.7. The molecule has 0 saturated carbocycles. The van der Waals surface area contributed by atoms with E-state index < -0.39 is 12.2 Å². The molecule has 1 aliphatic rings. The smallest absolute Gasteiger partial charge is 0.0986 e. The summed E-state index contributed by atoms with van der Waals surface area (Å²) in [6, 6.07) is -0.117. The summed E-state index contributed by atoms with van der Waals surface area (Å²) in [5.74, 6) is 0. The Hall–Kier alpha value is -0.420. The van der Waals surface area contributed by atoms with Gasteiger partial charge >= 0.3 is 0 Å². The summed E-state index contributed by atoms with van der Waals surface area (Å²) < 4.78 is 5.61. The van der Waals surface area contributed by atoms with Gasteiger partial charge in [-0.1, -0.05) is 76.9 Å². The third-order valence-corrected chi connectivity index (χ3v) is 5.49. The molecule has 3 atom stereocenters. The molecule has 0 bridgehead atoms. The maximum atomic E-state index is 9.70. The van der Waals surface area contributed by atoms with Crippen LogP contribution in [-0.4, -0.2) is 48.2 Å². The van der Waals surface area contributed by atoms with E-state index in [1.165, 1.54) is 83.5 Å². The normalized spacial score (nSPS) is 22.9. The van der Waals surface area contributed by atoms with Crippen molar-refractivity contribution < 1.29 is 14.9 Å². The number of hydrogen-bond donors (Lipinski definition) is 3. The van der Waals surface area contributed by atoms with Crippen molar-refractivity contribution in [3.63, 3.8) is 0 Å². The van der Waals surface area contributed by atoms with Gasteiger partial charge in [-0.15, -0.1) is 0 Å². The van der Waals surface area contributed by atoms with Gasteiger partial charge in [-0.2, -0.15) is 0 Å². The van der Waals surface area contributed by atoms with E-state index in [0.717, 1.165) is 13.0 Å². The molecule has 0 aromatic heterocycles. The molecule has 4 nitrogen and oxygen atoms in total. The molecule has 1 fully saturated rings. The van der Waals surface area contributed by atoms with Gasteiger partial charge in [0.15, 0.2) is 0 Å². The third-order valence-electron chi connectivity index (χ3n) is 5.49. The number of aliphatic hydroxyl groups excluding tert-OH is 2. The van der Waals surface area contributed by atoms with Gasteiger partial charge in [0.05, 0.1) is 24.9 Å². The lowest BCUT2D eigenvalue weighted by Crippen LogP contribution is -2.37. The number of rotatable bonds is 18. The highest BCUT2D eigenvalue weighted by Gasteiger charge is 2.32. The van der Waals surface area contributed by atoms with Crippen LogP contribution in [0.25, 0.3) is 0 Å². The van der Waals surface area contributed by atoms with Crippen LogP contribution in [-0.2, 0) is 4.74 Å². The Kier molecular flexibility index (Phi) is 16.1. The number of nitrogens with one attached hydrogen (secondary N) is 1. The van der Waals surface area contributed by atoms with Crippen molar-refractivity contribution in [2.75, 3.05) is 19.8 Å². The Bertz CT molecular complexity index is 349. The fourth-order valence-electron chi connectivity index (χ4n) is 3.60. The fraction of sp³-hybridized carbons (Fsp3) is 0.913. The maximum absolute atomic E-state index is 9.70. The Labute approximate surface area is 167 Å². The summed E-state index contributed by atoms with van der Waals surface area (Å²) in [6.45, 7) is 3.97. The molecular weight excluding hydrogens is 338 g/mol. The van der Waals surface area contributed by atoms with Gasteiger partial charge in [0.2, 0.25) is 0 Å². The van der Waals surface area contributed by atoms with Gasteiger partial charge in [0.25, 0.3) is 0 Å². The fourth-order valence-corrected chi connectivity index (χ4v) is 3.60. The topological polar surface area (TPSA) is 61.7 Å². The molecule has 1 saturated heterocycles. The predicted octanol–water partition coefficient (Wildman–Crippen LogP) is 4.73. The molecule has 1 rings (SSSR count). The highest BCUT2D eigenvalue weighted by molar-refractivity contribution is 4.90. The zero-order valence-electron chi connectivity index (χ0n) is 17.7. The van der Waals surface area contributed by atoms with Crippen molar-refractivity contribution in [3.05, 3.63) is 12.2 Å². The first kappa shape index (κ1) is 24.6. The Morgan fingerprint density at radius 2 is 1.37 bits per heavy atom. The molecular formula is C23H45NO3. The molecule has 160 valence electrons. The summed E-state index contributed by atoms with van der Waals surface area (Å²) in [5.41, 5.74) is 0. The van der Waals surface area contributed by atoms with E-state index in [-0.39, 0.29) is 6.04 Å². The van der Waals surface area contributed by atoms with Crippen LogP contribution in [0.5, 0.6) is 0 Å². The molecule has 1 aliphatic heterocycles. The second-order valence-corrected chi connectivity index (χ2v) is 8.09. The van der Waals surface area contributed by atoms with Crippen LogP contribution in [0.3, 0.4) is 0 Å². The van der Waals surface area contributed by atoms with E-state index in [9.17, 15) is 10.2 Å². The Morgan fingerprint density at radius 1 is 0.815 bits per heavy atom. The average molecular weight is 384 g/mol. The van der Waals surface area contributed by atoms with Crippen LogP contribution in [0, 0.1) is 0 Å². The lowest BCUT2D eigenvalue weighted by molar-refractivity contribution is 0.0148. The molecule has 0 unspecified atom stereocenters. The summed E-state index contributed by atoms with van der Waals surface area (Å²) in [6.07, 6.45) is 21.8.